The fourth-order valence-corrected chi connectivity index (χ4v) is 4.56. The van der Waals surface area contributed by atoms with E-state index in [4.69, 9.17) is 19.5 Å². The van der Waals surface area contributed by atoms with Gasteiger partial charge >= 0.3 is 0 Å². The molecule has 36 heavy (non-hydrogen) atoms. The van der Waals surface area contributed by atoms with Crippen LogP contribution < -0.4 is 5.32 Å². The lowest BCUT2D eigenvalue weighted by molar-refractivity contribution is 0.291. The van der Waals surface area contributed by atoms with E-state index in [-0.39, 0.29) is 12.1 Å². The van der Waals surface area contributed by atoms with E-state index in [1.54, 1.807) is 0 Å². The first-order valence-electron chi connectivity index (χ1n) is 12.9. The van der Waals surface area contributed by atoms with Crippen LogP contribution in [0, 0.1) is 11.8 Å². The Balaban J connectivity index is 1.42. The summed E-state index contributed by atoms with van der Waals surface area (Å²) in [6.07, 6.45) is 0.767. The first kappa shape index (κ1) is 24.1. The maximum atomic E-state index is 6.02. The van der Waals surface area contributed by atoms with E-state index in [0.29, 0.717) is 25.0 Å². The number of rotatable bonds is 8. The number of benzene rings is 3. The van der Waals surface area contributed by atoms with Crippen molar-refractivity contribution in [3.05, 3.63) is 95.1 Å². The lowest BCUT2D eigenvalue weighted by Crippen LogP contribution is -2.13. The average molecular weight is 482 g/mol. The number of nitrogens with zero attached hydrogens (tertiary/aromatic N) is 2. The molecular formula is C31H35N3O2. The topological polar surface area (TPSA) is 55.2 Å². The highest BCUT2D eigenvalue weighted by Crippen LogP contribution is 2.29. The number of ether oxygens (including phenoxy) is 2. The molecule has 0 saturated heterocycles. The molecule has 2 heterocycles. The first-order chi connectivity index (χ1) is 17.5. The number of nitrogens with one attached hydrogen (secondary N) is 1. The molecule has 0 unspecified atom stereocenters. The summed E-state index contributed by atoms with van der Waals surface area (Å²) in [5.41, 5.74) is 6.52. The van der Waals surface area contributed by atoms with Crippen LogP contribution in [0.15, 0.2) is 82.8 Å². The molecule has 3 aromatic carbocycles. The van der Waals surface area contributed by atoms with Crippen molar-refractivity contribution in [1.82, 2.24) is 0 Å². The highest BCUT2D eigenvalue weighted by Gasteiger charge is 2.26. The molecule has 5 nitrogen and oxygen atoms in total. The Morgan fingerprint density at radius 1 is 0.667 bits per heavy atom. The van der Waals surface area contributed by atoms with E-state index in [1.165, 1.54) is 11.1 Å². The third-order valence-corrected chi connectivity index (χ3v) is 6.96. The summed E-state index contributed by atoms with van der Waals surface area (Å²) in [6.45, 7) is 10.0. The van der Waals surface area contributed by atoms with Crippen molar-refractivity contribution in [2.75, 3.05) is 18.5 Å². The van der Waals surface area contributed by atoms with Crippen LogP contribution >= 0.6 is 0 Å². The lowest BCUT2D eigenvalue weighted by atomic mass is 9.98. The summed E-state index contributed by atoms with van der Waals surface area (Å²) in [6, 6.07) is 25.5. The fraction of sp³-hybridized carbons (Fsp3) is 0.355. The maximum Gasteiger partial charge on any atom is 0.218 e. The van der Waals surface area contributed by atoms with Gasteiger partial charge in [-0.15, -0.1) is 0 Å². The molecule has 0 saturated carbocycles. The Bertz CT molecular complexity index is 1180. The van der Waals surface area contributed by atoms with Crippen LogP contribution in [0.1, 0.15) is 49.9 Å². The predicted octanol–water partition coefficient (Wildman–Crippen LogP) is 6.62. The maximum absolute atomic E-state index is 6.02. The number of aliphatic imine (C=N–C) groups is 2. The molecular weight excluding hydrogens is 446 g/mol. The zero-order valence-electron chi connectivity index (χ0n) is 21.6. The van der Waals surface area contributed by atoms with Crippen LogP contribution in [0.5, 0.6) is 0 Å². The van der Waals surface area contributed by atoms with Gasteiger partial charge in [-0.3, -0.25) is 0 Å². The minimum absolute atomic E-state index is 0.202. The minimum Gasteiger partial charge on any atom is -0.475 e. The van der Waals surface area contributed by atoms with E-state index < -0.39 is 0 Å². The van der Waals surface area contributed by atoms with Crippen molar-refractivity contribution in [2.45, 2.75) is 46.2 Å². The zero-order valence-corrected chi connectivity index (χ0v) is 21.6. The van der Waals surface area contributed by atoms with Gasteiger partial charge in [0.05, 0.1) is 23.3 Å². The largest absolute Gasteiger partial charge is 0.475 e. The van der Waals surface area contributed by atoms with E-state index in [2.05, 4.69) is 93.7 Å². The van der Waals surface area contributed by atoms with Gasteiger partial charge < -0.3 is 14.8 Å². The Morgan fingerprint density at radius 3 is 1.78 bits per heavy atom. The molecule has 0 amide bonds. The lowest BCUT2D eigenvalue weighted by Gasteiger charge is -2.16. The monoisotopic (exact) mass is 481 g/mol. The van der Waals surface area contributed by atoms with Crippen LogP contribution in [-0.2, 0) is 15.9 Å². The molecule has 186 valence electrons. The van der Waals surface area contributed by atoms with Crippen molar-refractivity contribution >= 4 is 23.2 Å². The van der Waals surface area contributed by atoms with Gasteiger partial charge in [-0.2, -0.15) is 0 Å². The number of para-hydroxylation sites is 2. The smallest absolute Gasteiger partial charge is 0.218 e. The van der Waals surface area contributed by atoms with Crippen molar-refractivity contribution in [2.24, 2.45) is 21.8 Å². The summed E-state index contributed by atoms with van der Waals surface area (Å²) >= 11 is 0. The summed E-state index contributed by atoms with van der Waals surface area (Å²) in [5.74, 6) is 2.39. The van der Waals surface area contributed by atoms with E-state index in [1.807, 2.05) is 12.1 Å². The molecule has 0 fully saturated rings. The third-order valence-electron chi connectivity index (χ3n) is 6.96. The van der Waals surface area contributed by atoms with Gasteiger partial charge in [0, 0.05) is 17.7 Å². The van der Waals surface area contributed by atoms with Gasteiger partial charge in [0.2, 0.25) is 11.8 Å². The Morgan fingerprint density at radius 2 is 1.17 bits per heavy atom. The van der Waals surface area contributed by atoms with Crippen molar-refractivity contribution in [3.8, 4) is 0 Å². The predicted molar refractivity (Wildman–Crippen MR) is 148 cm³/mol. The second-order valence-corrected chi connectivity index (χ2v) is 10.3. The molecule has 0 radical (unpaired) electrons. The molecule has 5 heteroatoms. The van der Waals surface area contributed by atoms with Gasteiger partial charge in [0.25, 0.3) is 0 Å². The zero-order chi connectivity index (χ0) is 25.1. The van der Waals surface area contributed by atoms with E-state index in [9.17, 15) is 0 Å². The molecule has 3 aromatic rings. The van der Waals surface area contributed by atoms with Gasteiger partial charge in [-0.25, -0.2) is 9.98 Å². The molecule has 2 aliphatic rings. The summed E-state index contributed by atoms with van der Waals surface area (Å²) in [7, 11) is 0. The van der Waals surface area contributed by atoms with Crippen molar-refractivity contribution in [3.63, 3.8) is 0 Å². The molecule has 0 aromatic heterocycles. The highest BCUT2D eigenvalue weighted by atomic mass is 16.5. The summed E-state index contributed by atoms with van der Waals surface area (Å²) < 4.78 is 12.0. The summed E-state index contributed by atoms with van der Waals surface area (Å²) in [5, 5.41) is 3.67. The number of hydrogen-bond acceptors (Lipinski definition) is 5. The Kier molecular flexibility index (Phi) is 7.08. The van der Waals surface area contributed by atoms with Crippen LogP contribution in [0.3, 0.4) is 0 Å². The van der Waals surface area contributed by atoms with Crippen molar-refractivity contribution in [1.29, 1.82) is 0 Å². The quantitative estimate of drug-likeness (QED) is 0.393. The summed E-state index contributed by atoms with van der Waals surface area (Å²) in [4.78, 5) is 9.73. The molecule has 2 atom stereocenters. The standard InChI is InChI=1S/C31H35N3O2/c1-20(2)28-18-35-30(33-28)24-13-7-5-11-22(24)17-23-12-6-9-15-26(23)32-27-16-10-8-14-25(27)31-34-29(19-36-31)21(3)4/h5-16,20-21,28-29,32H,17-19H2,1-4H3/t28-,29-/m1/s1. The van der Waals surface area contributed by atoms with Gasteiger partial charge in [0.1, 0.15) is 13.2 Å². The van der Waals surface area contributed by atoms with Crippen LogP contribution in [0.25, 0.3) is 0 Å². The average Bonchev–Trinajstić information content (AvgIpc) is 3.57. The van der Waals surface area contributed by atoms with Gasteiger partial charge in [-0.05, 0) is 47.2 Å². The Hall–Kier alpha value is -3.60. The third kappa shape index (κ3) is 5.15. The van der Waals surface area contributed by atoms with Gasteiger partial charge in [0.15, 0.2) is 0 Å². The SMILES string of the molecule is CC(C)[C@H]1COC(c2ccccc2Cc2ccccc2Nc2ccccc2C2=N[C@@H](C(C)C)CO2)=N1. The van der Waals surface area contributed by atoms with Crippen molar-refractivity contribution < 1.29 is 9.47 Å². The first-order valence-corrected chi connectivity index (χ1v) is 12.9. The second-order valence-electron chi connectivity index (χ2n) is 10.3. The van der Waals surface area contributed by atoms with E-state index in [0.717, 1.165) is 40.7 Å². The molecule has 1 N–H and O–H groups in total. The van der Waals surface area contributed by atoms with Gasteiger partial charge in [-0.1, -0.05) is 76.2 Å². The van der Waals surface area contributed by atoms with Crippen LogP contribution in [0.2, 0.25) is 0 Å². The normalized spacial score (nSPS) is 19.2. The highest BCUT2D eigenvalue weighted by molar-refractivity contribution is 6.01. The molecule has 0 spiro atoms. The minimum atomic E-state index is 0.202. The molecule has 5 rings (SSSR count). The number of anilines is 2. The fourth-order valence-electron chi connectivity index (χ4n) is 4.56. The van der Waals surface area contributed by atoms with Crippen LogP contribution in [0.4, 0.5) is 11.4 Å². The molecule has 2 aliphatic heterocycles. The number of hydrogen-bond donors (Lipinski definition) is 1. The molecule has 0 aliphatic carbocycles. The van der Waals surface area contributed by atoms with E-state index >= 15 is 0 Å². The van der Waals surface area contributed by atoms with Crippen LogP contribution in [-0.4, -0.2) is 37.1 Å². The molecule has 0 bridgehead atoms. The Labute approximate surface area is 214 Å². The second kappa shape index (κ2) is 10.6.